The minimum Gasteiger partial charge on any atom is -0.343 e. The minimum absolute atomic E-state index is 0.108. The zero-order valence-electron chi connectivity index (χ0n) is 13.4. The Labute approximate surface area is 152 Å². The van der Waals surface area contributed by atoms with Crippen LogP contribution in [0.3, 0.4) is 0 Å². The van der Waals surface area contributed by atoms with Gasteiger partial charge >= 0.3 is 0 Å². The Hall–Kier alpha value is -2.74. The van der Waals surface area contributed by atoms with Crippen molar-refractivity contribution in [3.8, 4) is 0 Å². The Morgan fingerprint density at radius 2 is 1.92 bits per heavy atom. The van der Waals surface area contributed by atoms with Gasteiger partial charge in [-0.15, -0.1) is 0 Å². The second kappa shape index (κ2) is 8.39. The predicted molar refractivity (Wildman–Crippen MR) is 97.6 cm³/mol. The molecule has 0 aliphatic rings. The van der Waals surface area contributed by atoms with Gasteiger partial charge in [0.15, 0.2) is 0 Å². The van der Waals surface area contributed by atoms with Crippen LogP contribution in [-0.4, -0.2) is 23.3 Å². The number of nitro groups is 1. The first kappa shape index (κ1) is 18.6. The molecule has 2 aromatic carbocycles. The highest BCUT2D eigenvalue weighted by Gasteiger charge is 2.16. The van der Waals surface area contributed by atoms with E-state index in [4.69, 9.17) is 0 Å². The van der Waals surface area contributed by atoms with Crippen LogP contribution in [0.5, 0.6) is 0 Å². The molecular weight excluding hydrogens is 390 g/mol. The van der Waals surface area contributed by atoms with Crippen LogP contribution >= 0.6 is 15.9 Å². The Morgan fingerprint density at radius 3 is 2.60 bits per heavy atom. The van der Waals surface area contributed by atoms with Crippen molar-refractivity contribution in [1.29, 1.82) is 0 Å². The number of carbonyl (C=O) groups excluding carboxylic acids is 2. The summed E-state index contributed by atoms with van der Waals surface area (Å²) in [5.41, 5.74) is 1.58. The van der Waals surface area contributed by atoms with E-state index in [-0.39, 0.29) is 28.2 Å². The molecule has 2 rings (SSSR count). The fraction of sp³-hybridized carbons (Fsp3) is 0.176. The molecule has 0 saturated carbocycles. The second-order valence-corrected chi connectivity index (χ2v) is 6.02. The van der Waals surface area contributed by atoms with Crippen molar-refractivity contribution in [1.82, 2.24) is 5.32 Å². The summed E-state index contributed by atoms with van der Waals surface area (Å²) in [6, 6.07) is 11.4. The normalized spacial score (nSPS) is 10.2. The average Bonchev–Trinajstić information content (AvgIpc) is 2.60. The Balaban J connectivity index is 1.99. The number of nitrogens with one attached hydrogen (secondary N) is 2. The number of nitro benzene ring substituents is 1. The molecule has 0 heterocycles. The summed E-state index contributed by atoms with van der Waals surface area (Å²) in [4.78, 5) is 34.4. The van der Waals surface area contributed by atoms with Gasteiger partial charge in [0.2, 0.25) is 5.91 Å². The molecule has 0 aliphatic carbocycles. The van der Waals surface area contributed by atoms with Gasteiger partial charge < -0.3 is 10.6 Å². The standard InChI is InChI=1S/C17H16BrN3O4/c1-2-11-5-3-4-6-14(11)20-16(22)10-19-17(23)12-7-8-13(18)15(9-12)21(24)25/h3-9H,2,10H2,1H3,(H,19,23)(H,20,22). The van der Waals surface area contributed by atoms with Crippen molar-refractivity contribution >= 4 is 39.1 Å². The molecule has 0 aliphatic heterocycles. The molecule has 2 N–H and O–H groups in total. The van der Waals surface area contributed by atoms with Crippen molar-refractivity contribution in [3.63, 3.8) is 0 Å². The minimum atomic E-state index is -0.588. The molecule has 0 spiro atoms. The topological polar surface area (TPSA) is 101 Å². The molecule has 2 amide bonds. The van der Waals surface area contributed by atoms with E-state index in [9.17, 15) is 19.7 Å². The van der Waals surface area contributed by atoms with Crippen molar-refractivity contribution in [2.45, 2.75) is 13.3 Å². The molecule has 0 fully saturated rings. The van der Waals surface area contributed by atoms with Gasteiger partial charge in [-0.3, -0.25) is 19.7 Å². The van der Waals surface area contributed by atoms with Gasteiger partial charge in [-0.2, -0.15) is 0 Å². The van der Waals surface area contributed by atoms with Gasteiger partial charge in [-0.25, -0.2) is 0 Å². The highest BCUT2D eigenvalue weighted by Crippen LogP contribution is 2.25. The Bertz CT molecular complexity index is 823. The number of anilines is 1. The van der Waals surface area contributed by atoms with E-state index in [0.29, 0.717) is 5.69 Å². The van der Waals surface area contributed by atoms with Crippen LogP contribution in [0.1, 0.15) is 22.8 Å². The lowest BCUT2D eigenvalue weighted by Gasteiger charge is -2.10. The summed E-state index contributed by atoms with van der Waals surface area (Å²) in [5, 5.41) is 16.1. The van der Waals surface area contributed by atoms with Crippen LogP contribution in [0, 0.1) is 10.1 Å². The number of hydrogen-bond donors (Lipinski definition) is 2. The third kappa shape index (κ3) is 4.87. The number of aryl methyl sites for hydroxylation is 1. The van der Waals surface area contributed by atoms with Gasteiger partial charge in [0.05, 0.1) is 15.9 Å². The van der Waals surface area contributed by atoms with E-state index in [1.54, 1.807) is 6.07 Å². The first-order valence-corrected chi connectivity index (χ1v) is 8.31. The maximum absolute atomic E-state index is 12.1. The number of amides is 2. The molecule has 0 bridgehead atoms. The maximum Gasteiger partial charge on any atom is 0.284 e. The smallest absolute Gasteiger partial charge is 0.284 e. The lowest BCUT2D eigenvalue weighted by atomic mass is 10.1. The van der Waals surface area contributed by atoms with Crippen LogP contribution in [0.2, 0.25) is 0 Å². The average molecular weight is 406 g/mol. The van der Waals surface area contributed by atoms with Crippen LogP contribution in [0.25, 0.3) is 0 Å². The molecule has 25 heavy (non-hydrogen) atoms. The van der Waals surface area contributed by atoms with E-state index in [0.717, 1.165) is 18.1 Å². The van der Waals surface area contributed by atoms with Gasteiger partial charge in [0.25, 0.3) is 11.6 Å². The third-order valence-electron chi connectivity index (χ3n) is 3.49. The summed E-state index contributed by atoms with van der Waals surface area (Å²) in [5.74, 6) is -0.935. The predicted octanol–water partition coefficient (Wildman–Crippen LogP) is 3.29. The van der Waals surface area contributed by atoms with Crippen LogP contribution in [0.15, 0.2) is 46.9 Å². The van der Waals surface area contributed by atoms with Crippen molar-refractivity contribution < 1.29 is 14.5 Å². The summed E-state index contributed by atoms with van der Waals surface area (Å²) >= 11 is 3.06. The SMILES string of the molecule is CCc1ccccc1NC(=O)CNC(=O)c1ccc(Br)c([N+](=O)[O-])c1. The third-order valence-corrected chi connectivity index (χ3v) is 4.16. The largest absolute Gasteiger partial charge is 0.343 e. The summed E-state index contributed by atoms with van der Waals surface area (Å²) in [7, 11) is 0. The van der Waals surface area contributed by atoms with Crippen LogP contribution < -0.4 is 10.6 Å². The number of benzene rings is 2. The summed E-state index contributed by atoms with van der Waals surface area (Å²) in [6.45, 7) is 1.74. The van der Waals surface area contributed by atoms with E-state index < -0.39 is 10.8 Å². The summed E-state index contributed by atoms with van der Waals surface area (Å²) in [6.07, 6.45) is 0.769. The fourth-order valence-corrected chi connectivity index (χ4v) is 2.59. The molecule has 130 valence electrons. The molecule has 0 aromatic heterocycles. The number of para-hydroxylation sites is 1. The van der Waals surface area contributed by atoms with Gasteiger partial charge in [0.1, 0.15) is 0 Å². The lowest BCUT2D eigenvalue weighted by molar-refractivity contribution is -0.385. The number of halogens is 1. The molecule has 0 radical (unpaired) electrons. The molecule has 2 aromatic rings. The van der Waals surface area contributed by atoms with Gasteiger partial charge in [0, 0.05) is 17.3 Å². The van der Waals surface area contributed by atoms with E-state index in [1.807, 2.05) is 25.1 Å². The zero-order chi connectivity index (χ0) is 18.4. The first-order valence-electron chi connectivity index (χ1n) is 7.52. The van der Waals surface area contributed by atoms with Gasteiger partial charge in [-0.1, -0.05) is 25.1 Å². The molecule has 0 atom stereocenters. The Kier molecular flexibility index (Phi) is 6.24. The highest BCUT2D eigenvalue weighted by molar-refractivity contribution is 9.10. The number of nitrogens with zero attached hydrogens (tertiary/aromatic N) is 1. The van der Waals surface area contributed by atoms with E-state index >= 15 is 0 Å². The first-order chi connectivity index (χ1) is 11.9. The molecule has 7 nitrogen and oxygen atoms in total. The van der Waals surface area contributed by atoms with Crippen molar-refractivity contribution in [2.24, 2.45) is 0 Å². The van der Waals surface area contributed by atoms with Crippen LogP contribution in [-0.2, 0) is 11.2 Å². The molecule has 8 heteroatoms. The van der Waals surface area contributed by atoms with Crippen molar-refractivity contribution in [3.05, 3.63) is 68.2 Å². The van der Waals surface area contributed by atoms with Crippen molar-refractivity contribution in [2.75, 3.05) is 11.9 Å². The summed E-state index contributed by atoms with van der Waals surface area (Å²) < 4.78 is 0.281. The van der Waals surface area contributed by atoms with E-state index in [1.165, 1.54) is 12.1 Å². The lowest BCUT2D eigenvalue weighted by Crippen LogP contribution is -2.33. The molecular formula is C17H16BrN3O4. The Morgan fingerprint density at radius 1 is 1.20 bits per heavy atom. The quantitative estimate of drug-likeness (QED) is 0.568. The second-order valence-electron chi connectivity index (χ2n) is 5.16. The number of rotatable bonds is 6. The molecule has 0 saturated heterocycles. The number of carbonyl (C=O) groups is 2. The number of hydrogen-bond acceptors (Lipinski definition) is 4. The fourth-order valence-electron chi connectivity index (χ4n) is 2.20. The molecule has 0 unspecified atom stereocenters. The van der Waals surface area contributed by atoms with E-state index in [2.05, 4.69) is 26.6 Å². The zero-order valence-corrected chi connectivity index (χ0v) is 15.0. The van der Waals surface area contributed by atoms with Crippen LogP contribution in [0.4, 0.5) is 11.4 Å². The van der Waals surface area contributed by atoms with Gasteiger partial charge in [-0.05, 0) is 46.1 Å². The monoisotopic (exact) mass is 405 g/mol. The maximum atomic E-state index is 12.1. The highest BCUT2D eigenvalue weighted by atomic mass is 79.9.